The predicted octanol–water partition coefficient (Wildman–Crippen LogP) is 3.29. The summed E-state index contributed by atoms with van der Waals surface area (Å²) in [4.78, 5) is 0. The number of aromatic nitrogens is 2. The molecular formula is C16H19ClN2O2. The van der Waals surface area contributed by atoms with Crippen molar-refractivity contribution in [1.29, 1.82) is 0 Å². The van der Waals surface area contributed by atoms with Crippen LogP contribution in [0, 0.1) is 0 Å². The van der Waals surface area contributed by atoms with E-state index in [1.54, 1.807) is 10.9 Å². The lowest BCUT2D eigenvalue weighted by Crippen LogP contribution is -2.24. The summed E-state index contributed by atoms with van der Waals surface area (Å²) < 4.78 is 7.60. The standard InChI is InChI=1S/C16H19ClN2O2/c1-2-8-19-14(13(17)10-18-19)15(20)16-12-6-4-3-5-11(12)7-9-21-16/h3-6,10,15-16,20H,2,7-9H2,1H3. The molecule has 1 N–H and O–H groups in total. The second kappa shape index (κ2) is 6.18. The number of aliphatic hydroxyl groups is 1. The van der Waals surface area contributed by atoms with Crippen LogP contribution in [0.25, 0.3) is 0 Å². The third-order valence-electron chi connectivity index (χ3n) is 3.87. The number of hydrogen-bond acceptors (Lipinski definition) is 3. The highest BCUT2D eigenvalue weighted by atomic mass is 35.5. The van der Waals surface area contributed by atoms with E-state index in [0.717, 1.165) is 24.9 Å². The van der Waals surface area contributed by atoms with Crippen LogP contribution in [0.5, 0.6) is 0 Å². The zero-order chi connectivity index (χ0) is 14.8. The number of nitrogens with zero attached hydrogens (tertiary/aromatic N) is 2. The number of fused-ring (bicyclic) bond motifs is 1. The molecule has 0 amide bonds. The highest BCUT2D eigenvalue weighted by Gasteiger charge is 2.32. The van der Waals surface area contributed by atoms with E-state index >= 15 is 0 Å². The van der Waals surface area contributed by atoms with Gasteiger partial charge in [0.1, 0.15) is 12.2 Å². The van der Waals surface area contributed by atoms with Crippen molar-refractivity contribution in [3.05, 3.63) is 52.3 Å². The molecular weight excluding hydrogens is 288 g/mol. The Balaban J connectivity index is 1.96. The van der Waals surface area contributed by atoms with E-state index in [9.17, 15) is 5.11 Å². The van der Waals surface area contributed by atoms with Gasteiger partial charge in [-0.05, 0) is 24.0 Å². The van der Waals surface area contributed by atoms with Crippen LogP contribution < -0.4 is 0 Å². The van der Waals surface area contributed by atoms with Gasteiger partial charge in [0.2, 0.25) is 0 Å². The SMILES string of the molecule is CCCn1ncc(Cl)c1C(O)C1OCCc2ccccc21. The molecule has 0 fully saturated rings. The fourth-order valence-electron chi connectivity index (χ4n) is 2.89. The maximum absolute atomic E-state index is 10.8. The molecule has 0 radical (unpaired) electrons. The average Bonchev–Trinajstić information content (AvgIpc) is 2.87. The summed E-state index contributed by atoms with van der Waals surface area (Å²) in [5.41, 5.74) is 2.90. The van der Waals surface area contributed by atoms with Crippen molar-refractivity contribution in [1.82, 2.24) is 9.78 Å². The Kier molecular flexibility index (Phi) is 4.29. The molecule has 2 heterocycles. The molecule has 0 saturated carbocycles. The third kappa shape index (κ3) is 2.71. The van der Waals surface area contributed by atoms with Crippen LogP contribution in [-0.4, -0.2) is 21.5 Å². The Bertz CT molecular complexity index is 626. The summed E-state index contributed by atoms with van der Waals surface area (Å²) in [7, 11) is 0. The highest BCUT2D eigenvalue weighted by Crippen LogP contribution is 2.39. The van der Waals surface area contributed by atoms with Gasteiger partial charge in [-0.1, -0.05) is 42.8 Å². The molecule has 5 heteroatoms. The molecule has 21 heavy (non-hydrogen) atoms. The summed E-state index contributed by atoms with van der Waals surface area (Å²) in [5.74, 6) is 0. The summed E-state index contributed by atoms with van der Waals surface area (Å²) in [5, 5.41) is 15.5. The smallest absolute Gasteiger partial charge is 0.127 e. The second-order valence-corrected chi connectivity index (χ2v) is 5.69. The van der Waals surface area contributed by atoms with Gasteiger partial charge in [0, 0.05) is 6.54 Å². The Morgan fingerprint density at radius 1 is 1.48 bits per heavy atom. The van der Waals surface area contributed by atoms with Gasteiger partial charge in [0.15, 0.2) is 0 Å². The third-order valence-corrected chi connectivity index (χ3v) is 4.16. The lowest BCUT2D eigenvalue weighted by Gasteiger charge is -2.30. The predicted molar refractivity (Wildman–Crippen MR) is 81.3 cm³/mol. The number of halogens is 1. The average molecular weight is 307 g/mol. The van der Waals surface area contributed by atoms with Crippen molar-refractivity contribution in [3.8, 4) is 0 Å². The van der Waals surface area contributed by atoms with Gasteiger partial charge in [0.25, 0.3) is 0 Å². The van der Waals surface area contributed by atoms with Gasteiger partial charge in [-0.2, -0.15) is 5.10 Å². The lowest BCUT2D eigenvalue weighted by molar-refractivity contribution is -0.0516. The monoisotopic (exact) mass is 306 g/mol. The van der Waals surface area contributed by atoms with E-state index < -0.39 is 6.10 Å². The zero-order valence-corrected chi connectivity index (χ0v) is 12.8. The lowest BCUT2D eigenvalue weighted by atomic mass is 9.93. The van der Waals surface area contributed by atoms with Gasteiger partial charge in [0.05, 0.1) is 23.5 Å². The van der Waals surface area contributed by atoms with Crippen LogP contribution in [0.3, 0.4) is 0 Å². The first-order chi connectivity index (χ1) is 10.2. The second-order valence-electron chi connectivity index (χ2n) is 5.29. The van der Waals surface area contributed by atoms with Crippen molar-refractivity contribution in [3.63, 3.8) is 0 Å². The van der Waals surface area contributed by atoms with Crippen molar-refractivity contribution < 1.29 is 9.84 Å². The zero-order valence-electron chi connectivity index (χ0n) is 12.0. The van der Waals surface area contributed by atoms with Crippen LogP contribution in [0.4, 0.5) is 0 Å². The Labute approximate surface area is 129 Å². The van der Waals surface area contributed by atoms with E-state index in [0.29, 0.717) is 17.3 Å². The number of hydrogen-bond donors (Lipinski definition) is 1. The molecule has 1 aliphatic heterocycles. The van der Waals surface area contributed by atoms with Crippen molar-refractivity contribution in [2.45, 2.75) is 38.5 Å². The van der Waals surface area contributed by atoms with E-state index in [1.165, 1.54) is 5.56 Å². The first kappa shape index (κ1) is 14.6. The maximum Gasteiger partial charge on any atom is 0.127 e. The largest absolute Gasteiger partial charge is 0.384 e. The molecule has 4 nitrogen and oxygen atoms in total. The van der Waals surface area contributed by atoms with Crippen LogP contribution in [0.15, 0.2) is 30.5 Å². The molecule has 0 spiro atoms. The molecule has 1 aliphatic rings. The molecule has 0 bridgehead atoms. The summed E-state index contributed by atoms with van der Waals surface area (Å²) in [6, 6.07) is 8.08. The molecule has 112 valence electrons. The molecule has 1 aromatic heterocycles. The fraction of sp³-hybridized carbons (Fsp3) is 0.438. The van der Waals surface area contributed by atoms with Gasteiger partial charge >= 0.3 is 0 Å². The van der Waals surface area contributed by atoms with Gasteiger partial charge in [-0.15, -0.1) is 0 Å². The minimum atomic E-state index is -0.812. The number of ether oxygens (including phenoxy) is 1. The van der Waals surface area contributed by atoms with Crippen LogP contribution in [-0.2, 0) is 17.7 Å². The minimum absolute atomic E-state index is 0.389. The first-order valence-electron chi connectivity index (χ1n) is 7.31. The Morgan fingerprint density at radius 3 is 3.10 bits per heavy atom. The van der Waals surface area contributed by atoms with E-state index in [-0.39, 0.29) is 6.10 Å². The number of benzene rings is 1. The van der Waals surface area contributed by atoms with E-state index in [1.807, 2.05) is 18.2 Å². The fourth-order valence-corrected chi connectivity index (χ4v) is 3.14. The van der Waals surface area contributed by atoms with Crippen molar-refractivity contribution >= 4 is 11.6 Å². The molecule has 2 atom stereocenters. The normalized spacial score (nSPS) is 19.3. The Hall–Kier alpha value is -1.36. The molecule has 1 aromatic carbocycles. The van der Waals surface area contributed by atoms with Gasteiger partial charge in [-0.3, -0.25) is 4.68 Å². The maximum atomic E-state index is 10.8. The van der Waals surface area contributed by atoms with Crippen LogP contribution in [0.2, 0.25) is 5.02 Å². The van der Waals surface area contributed by atoms with Crippen molar-refractivity contribution in [2.75, 3.05) is 6.61 Å². The Morgan fingerprint density at radius 2 is 2.29 bits per heavy atom. The molecule has 0 aliphatic carbocycles. The molecule has 3 rings (SSSR count). The first-order valence-corrected chi connectivity index (χ1v) is 7.68. The van der Waals surface area contributed by atoms with Crippen LogP contribution >= 0.6 is 11.6 Å². The van der Waals surface area contributed by atoms with Gasteiger partial charge < -0.3 is 9.84 Å². The minimum Gasteiger partial charge on any atom is -0.384 e. The number of rotatable bonds is 4. The summed E-state index contributed by atoms with van der Waals surface area (Å²) in [6.07, 6.45) is 2.19. The van der Waals surface area contributed by atoms with Gasteiger partial charge in [-0.25, -0.2) is 0 Å². The highest BCUT2D eigenvalue weighted by molar-refractivity contribution is 6.31. The van der Waals surface area contributed by atoms with Crippen molar-refractivity contribution in [2.24, 2.45) is 0 Å². The van der Waals surface area contributed by atoms with Crippen LogP contribution in [0.1, 0.15) is 42.4 Å². The molecule has 2 unspecified atom stereocenters. The quantitative estimate of drug-likeness (QED) is 0.943. The summed E-state index contributed by atoms with van der Waals surface area (Å²) >= 11 is 6.22. The topological polar surface area (TPSA) is 47.3 Å². The number of aliphatic hydroxyl groups excluding tert-OH is 1. The van der Waals surface area contributed by atoms with E-state index in [2.05, 4.69) is 18.1 Å². The number of aryl methyl sites for hydroxylation is 1. The molecule has 2 aromatic rings. The van der Waals surface area contributed by atoms with E-state index in [4.69, 9.17) is 16.3 Å². The summed E-state index contributed by atoms with van der Waals surface area (Å²) in [6.45, 7) is 3.41. The molecule has 0 saturated heterocycles.